The van der Waals surface area contributed by atoms with Crippen LogP contribution in [-0.2, 0) is 14.8 Å². The molecule has 0 amide bonds. The Bertz CT molecular complexity index is 571. The van der Waals surface area contributed by atoms with Crippen molar-refractivity contribution in [2.24, 2.45) is 5.92 Å². The molecule has 0 fully saturated rings. The second kappa shape index (κ2) is 5.95. The third-order valence-corrected chi connectivity index (χ3v) is 5.22. The van der Waals surface area contributed by atoms with Gasteiger partial charge in [-0.15, -0.1) is 11.3 Å². The molecule has 1 rings (SSSR count). The highest BCUT2D eigenvalue weighted by molar-refractivity contribution is 7.91. The third kappa shape index (κ3) is 3.53. The quantitative estimate of drug-likeness (QED) is 0.812. The van der Waals surface area contributed by atoms with Crippen molar-refractivity contribution in [2.45, 2.75) is 17.6 Å². The van der Waals surface area contributed by atoms with Crippen molar-refractivity contribution in [3.63, 3.8) is 0 Å². The normalized spacial score (nSPS) is 12.9. The van der Waals surface area contributed by atoms with Crippen LogP contribution in [0.15, 0.2) is 16.3 Å². The van der Waals surface area contributed by atoms with E-state index >= 15 is 0 Å². The van der Waals surface area contributed by atoms with E-state index in [0.717, 1.165) is 11.3 Å². The molecule has 6 nitrogen and oxygen atoms in total. The number of carbonyl (C=O) groups is 1. The van der Waals surface area contributed by atoms with Crippen LogP contribution in [0.4, 0.5) is 0 Å². The molecule has 0 saturated carbocycles. The molecule has 98 valence electrons. The highest BCUT2D eigenvalue weighted by Crippen LogP contribution is 2.20. The lowest BCUT2D eigenvalue weighted by atomic mass is 10.1. The van der Waals surface area contributed by atoms with Crippen LogP contribution in [0.25, 0.3) is 0 Å². The summed E-state index contributed by atoms with van der Waals surface area (Å²) in [5, 5.41) is 17.4. The number of nitrogens with zero attached hydrogens (tertiary/aromatic N) is 1. The zero-order chi connectivity index (χ0) is 13.8. The molecule has 0 spiro atoms. The van der Waals surface area contributed by atoms with Crippen molar-refractivity contribution in [1.82, 2.24) is 4.72 Å². The van der Waals surface area contributed by atoms with Gasteiger partial charge in [-0.1, -0.05) is 6.92 Å². The summed E-state index contributed by atoms with van der Waals surface area (Å²) < 4.78 is 25.9. The molecule has 1 aromatic heterocycles. The first-order chi connectivity index (χ1) is 8.40. The molecule has 0 bridgehead atoms. The minimum Gasteiger partial charge on any atom is -0.481 e. The number of aliphatic carboxylic acids is 1. The van der Waals surface area contributed by atoms with E-state index in [1.807, 2.05) is 6.07 Å². The fourth-order valence-electron chi connectivity index (χ4n) is 1.21. The Morgan fingerprint density at radius 2 is 2.28 bits per heavy atom. The zero-order valence-corrected chi connectivity index (χ0v) is 11.2. The molecule has 0 aliphatic carbocycles. The van der Waals surface area contributed by atoms with Crippen LogP contribution in [-0.4, -0.2) is 26.0 Å². The number of rotatable bonds is 6. The molecule has 1 unspecified atom stereocenters. The van der Waals surface area contributed by atoms with Gasteiger partial charge in [0.05, 0.1) is 5.92 Å². The van der Waals surface area contributed by atoms with Crippen LogP contribution in [0, 0.1) is 17.2 Å². The van der Waals surface area contributed by atoms with Crippen LogP contribution < -0.4 is 4.72 Å². The van der Waals surface area contributed by atoms with E-state index in [1.54, 1.807) is 6.92 Å². The standard InChI is InChI=1S/C10H12N2O4S2/c1-2-7(10(13)14)6-12-18(15,16)9-4-3-8(5-11)17-9/h3-4,7,12H,2,6H2,1H3,(H,13,14). The number of thiophene rings is 1. The van der Waals surface area contributed by atoms with Gasteiger partial charge in [-0.2, -0.15) is 5.26 Å². The summed E-state index contributed by atoms with van der Waals surface area (Å²) in [4.78, 5) is 11.1. The summed E-state index contributed by atoms with van der Waals surface area (Å²) in [5.41, 5.74) is 0. The molecular formula is C10H12N2O4S2. The topological polar surface area (TPSA) is 107 Å². The number of sulfonamides is 1. The van der Waals surface area contributed by atoms with E-state index in [9.17, 15) is 13.2 Å². The second-order valence-corrected chi connectivity index (χ2v) is 6.60. The first-order valence-electron chi connectivity index (χ1n) is 5.13. The van der Waals surface area contributed by atoms with Crippen molar-refractivity contribution < 1.29 is 18.3 Å². The van der Waals surface area contributed by atoms with Crippen LogP contribution >= 0.6 is 11.3 Å². The van der Waals surface area contributed by atoms with E-state index in [4.69, 9.17) is 10.4 Å². The molecule has 2 N–H and O–H groups in total. The van der Waals surface area contributed by atoms with Gasteiger partial charge in [0.25, 0.3) is 0 Å². The smallest absolute Gasteiger partial charge is 0.307 e. The van der Waals surface area contributed by atoms with E-state index < -0.39 is 21.9 Å². The summed E-state index contributed by atoms with van der Waals surface area (Å²) >= 11 is 0.848. The lowest BCUT2D eigenvalue weighted by Gasteiger charge is -2.10. The number of hydrogen-bond acceptors (Lipinski definition) is 5. The van der Waals surface area contributed by atoms with Gasteiger partial charge in [0, 0.05) is 6.54 Å². The van der Waals surface area contributed by atoms with Crippen molar-refractivity contribution in [1.29, 1.82) is 5.26 Å². The van der Waals surface area contributed by atoms with Crippen molar-refractivity contribution in [2.75, 3.05) is 6.54 Å². The van der Waals surface area contributed by atoms with Crippen LogP contribution in [0.1, 0.15) is 18.2 Å². The van der Waals surface area contributed by atoms with Gasteiger partial charge in [0.1, 0.15) is 15.2 Å². The highest BCUT2D eigenvalue weighted by Gasteiger charge is 2.21. The number of carboxylic acids is 1. The fraction of sp³-hybridized carbons (Fsp3) is 0.400. The maximum absolute atomic E-state index is 11.8. The number of nitrogens with one attached hydrogen (secondary N) is 1. The highest BCUT2D eigenvalue weighted by atomic mass is 32.2. The Morgan fingerprint density at radius 3 is 2.72 bits per heavy atom. The average Bonchev–Trinajstić information content (AvgIpc) is 2.78. The minimum atomic E-state index is -3.73. The van der Waals surface area contributed by atoms with E-state index in [2.05, 4.69) is 4.72 Å². The maximum Gasteiger partial charge on any atom is 0.307 e. The molecule has 8 heteroatoms. The molecule has 1 atom stereocenters. The summed E-state index contributed by atoms with van der Waals surface area (Å²) in [6.07, 6.45) is 0.339. The molecule has 1 heterocycles. The minimum absolute atomic E-state index is 0.0132. The van der Waals surface area contributed by atoms with Crippen molar-refractivity contribution in [3.05, 3.63) is 17.0 Å². The summed E-state index contributed by atoms with van der Waals surface area (Å²) in [6, 6.07) is 4.58. The fourth-order valence-corrected chi connectivity index (χ4v) is 3.44. The predicted molar refractivity (Wildman–Crippen MR) is 65.6 cm³/mol. The van der Waals surface area contributed by atoms with Gasteiger partial charge < -0.3 is 5.11 Å². The summed E-state index contributed by atoms with van der Waals surface area (Å²) in [5.74, 6) is -1.79. The largest absolute Gasteiger partial charge is 0.481 e. The van der Waals surface area contributed by atoms with Crippen LogP contribution in [0.5, 0.6) is 0 Å². The predicted octanol–water partition coefficient (Wildman–Crippen LogP) is 1.01. The number of hydrogen-bond donors (Lipinski definition) is 2. The van der Waals surface area contributed by atoms with Gasteiger partial charge in [-0.3, -0.25) is 4.79 Å². The molecular weight excluding hydrogens is 276 g/mol. The van der Waals surface area contributed by atoms with Gasteiger partial charge in [-0.05, 0) is 18.6 Å². The Kier molecular flexibility index (Phi) is 4.84. The molecule has 0 radical (unpaired) electrons. The Labute approximate surface area is 109 Å². The van der Waals surface area contributed by atoms with Gasteiger partial charge in [-0.25, -0.2) is 13.1 Å². The third-order valence-electron chi connectivity index (χ3n) is 2.32. The van der Waals surface area contributed by atoms with Crippen molar-refractivity contribution >= 4 is 27.3 Å². The Morgan fingerprint density at radius 1 is 1.61 bits per heavy atom. The number of nitriles is 1. The van der Waals surface area contributed by atoms with Gasteiger partial charge >= 0.3 is 5.97 Å². The monoisotopic (exact) mass is 288 g/mol. The molecule has 0 aliphatic rings. The molecule has 18 heavy (non-hydrogen) atoms. The SMILES string of the molecule is CCC(CNS(=O)(=O)c1ccc(C#N)s1)C(=O)O. The van der Waals surface area contributed by atoms with Crippen LogP contribution in [0.3, 0.4) is 0 Å². The average molecular weight is 288 g/mol. The summed E-state index contributed by atoms with van der Waals surface area (Å²) in [7, 11) is -3.73. The number of carboxylic acid groups (broad SMARTS) is 1. The molecule has 0 aliphatic heterocycles. The van der Waals surface area contributed by atoms with E-state index in [1.165, 1.54) is 12.1 Å². The first-order valence-corrected chi connectivity index (χ1v) is 7.43. The van der Waals surface area contributed by atoms with Gasteiger partial charge in [0.15, 0.2) is 0 Å². The molecule has 0 saturated heterocycles. The van der Waals surface area contributed by atoms with Crippen LogP contribution in [0.2, 0.25) is 0 Å². The van der Waals surface area contributed by atoms with Crippen molar-refractivity contribution in [3.8, 4) is 6.07 Å². The molecule has 0 aromatic carbocycles. The molecule has 1 aromatic rings. The summed E-state index contributed by atoms with van der Waals surface area (Å²) in [6.45, 7) is 1.51. The zero-order valence-electron chi connectivity index (χ0n) is 9.58. The Balaban J connectivity index is 2.77. The lowest BCUT2D eigenvalue weighted by Crippen LogP contribution is -2.32. The lowest BCUT2D eigenvalue weighted by molar-refractivity contribution is -0.141. The maximum atomic E-state index is 11.8. The Hall–Kier alpha value is -1.43. The second-order valence-electron chi connectivity index (χ2n) is 3.53. The van der Waals surface area contributed by atoms with Gasteiger partial charge in [0.2, 0.25) is 10.0 Å². The van der Waals surface area contributed by atoms with E-state index in [-0.39, 0.29) is 10.8 Å². The first kappa shape index (κ1) is 14.6. The van der Waals surface area contributed by atoms with E-state index in [0.29, 0.717) is 11.3 Å².